The first-order valence-corrected chi connectivity index (χ1v) is 7.55. The molecule has 106 valence electrons. The molecule has 1 aromatic carbocycles. The lowest BCUT2D eigenvalue weighted by atomic mass is 10.2. The first-order chi connectivity index (χ1) is 9.51. The first kappa shape index (κ1) is 14.5. The molecule has 2 aromatic rings. The van der Waals surface area contributed by atoms with E-state index in [4.69, 9.17) is 0 Å². The number of aromatic nitrogens is 1. The Labute approximate surface area is 119 Å². The maximum atomic E-state index is 12.5. The molecule has 0 spiro atoms. The smallest absolute Gasteiger partial charge is 0.264 e. The Kier molecular flexibility index (Phi) is 4.36. The van der Waals surface area contributed by atoms with E-state index >= 15 is 0 Å². The van der Waals surface area contributed by atoms with Gasteiger partial charge in [-0.3, -0.25) is 9.29 Å². The molecule has 20 heavy (non-hydrogen) atoms. The molecular weight excluding hydrogens is 274 g/mol. The predicted molar refractivity (Wildman–Crippen MR) is 79.5 cm³/mol. The van der Waals surface area contributed by atoms with Gasteiger partial charge in [0.25, 0.3) is 0 Å². The highest BCUT2D eigenvalue weighted by atomic mass is 32.2. The van der Waals surface area contributed by atoms with Crippen molar-refractivity contribution in [1.29, 1.82) is 0 Å². The fraction of sp³-hybridized carbons (Fsp3) is 0.214. The van der Waals surface area contributed by atoms with Gasteiger partial charge in [0, 0.05) is 26.5 Å². The minimum Gasteiger partial charge on any atom is -0.264 e. The van der Waals surface area contributed by atoms with E-state index in [0.29, 0.717) is 5.69 Å². The van der Waals surface area contributed by atoms with Gasteiger partial charge in [0.2, 0.25) is 0 Å². The Morgan fingerprint density at radius 2 is 1.75 bits per heavy atom. The SMILES string of the molecule is CN(C)S(=O)(=O)N(Cc1cccnc1)c1ccccc1. The summed E-state index contributed by atoms with van der Waals surface area (Å²) in [7, 11) is -0.507. The van der Waals surface area contributed by atoms with Gasteiger partial charge in [-0.05, 0) is 23.8 Å². The van der Waals surface area contributed by atoms with Gasteiger partial charge in [-0.15, -0.1) is 0 Å². The van der Waals surface area contributed by atoms with Crippen molar-refractivity contribution in [3.05, 3.63) is 60.4 Å². The molecule has 6 heteroatoms. The topological polar surface area (TPSA) is 53.5 Å². The number of anilines is 1. The summed E-state index contributed by atoms with van der Waals surface area (Å²) in [6, 6.07) is 12.7. The normalized spacial score (nSPS) is 11.6. The zero-order valence-corrected chi connectivity index (χ0v) is 12.3. The molecular formula is C14H17N3O2S. The Hall–Kier alpha value is -1.92. The summed E-state index contributed by atoms with van der Waals surface area (Å²) in [5, 5.41) is 0. The number of hydrogen-bond donors (Lipinski definition) is 0. The molecule has 1 aromatic heterocycles. The first-order valence-electron chi connectivity index (χ1n) is 6.16. The summed E-state index contributed by atoms with van der Waals surface area (Å²) < 4.78 is 27.5. The second kappa shape index (κ2) is 6.02. The van der Waals surface area contributed by atoms with Crippen LogP contribution in [0.25, 0.3) is 0 Å². The van der Waals surface area contributed by atoms with Crippen LogP contribution in [0.4, 0.5) is 5.69 Å². The highest BCUT2D eigenvalue weighted by molar-refractivity contribution is 7.90. The molecule has 0 fully saturated rings. The number of benzene rings is 1. The van der Waals surface area contributed by atoms with Crippen molar-refractivity contribution < 1.29 is 8.42 Å². The van der Waals surface area contributed by atoms with E-state index in [1.807, 2.05) is 24.3 Å². The van der Waals surface area contributed by atoms with E-state index < -0.39 is 10.2 Å². The van der Waals surface area contributed by atoms with Crippen molar-refractivity contribution in [3.8, 4) is 0 Å². The number of pyridine rings is 1. The van der Waals surface area contributed by atoms with Gasteiger partial charge in [0.15, 0.2) is 0 Å². The molecule has 2 rings (SSSR count). The van der Waals surface area contributed by atoms with Gasteiger partial charge in [0.1, 0.15) is 0 Å². The van der Waals surface area contributed by atoms with E-state index in [-0.39, 0.29) is 6.54 Å². The van der Waals surface area contributed by atoms with Crippen LogP contribution in [0.3, 0.4) is 0 Å². The molecule has 0 aliphatic heterocycles. The molecule has 0 aliphatic carbocycles. The summed E-state index contributed by atoms with van der Waals surface area (Å²) in [5.74, 6) is 0. The maximum Gasteiger partial charge on any atom is 0.303 e. The molecule has 0 radical (unpaired) electrons. The van der Waals surface area contributed by atoms with Crippen molar-refractivity contribution in [1.82, 2.24) is 9.29 Å². The van der Waals surface area contributed by atoms with Crippen LogP contribution >= 0.6 is 0 Å². The van der Waals surface area contributed by atoms with Crippen molar-refractivity contribution in [2.45, 2.75) is 6.54 Å². The standard InChI is InChI=1S/C14H17N3O2S/c1-16(2)20(18,19)17(14-8-4-3-5-9-14)12-13-7-6-10-15-11-13/h3-11H,12H2,1-2H3. The predicted octanol–water partition coefficient (Wildman–Crippen LogP) is 1.89. The highest BCUT2D eigenvalue weighted by Gasteiger charge is 2.24. The number of rotatable bonds is 5. The van der Waals surface area contributed by atoms with Crippen molar-refractivity contribution in [2.24, 2.45) is 0 Å². The van der Waals surface area contributed by atoms with Crippen LogP contribution in [0, 0.1) is 0 Å². The lowest BCUT2D eigenvalue weighted by Gasteiger charge is -2.27. The van der Waals surface area contributed by atoms with Crippen molar-refractivity contribution in [2.75, 3.05) is 18.4 Å². The van der Waals surface area contributed by atoms with Crippen molar-refractivity contribution in [3.63, 3.8) is 0 Å². The lowest BCUT2D eigenvalue weighted by molar-refractivity contribution is 0.515. The minimum absolute atomic E-state index is 0.248. The fourth-order valence-electron chi connectivity index (χ4n) is 1.75. The fourth-order valence-corrected chi connectivity index (χ4v) is 2.85. The van der Waals surface area contributed by atoms with Gasteiger partial charge >= 0.3 is 10.2 Å². The highest BCUT2D eigenvalue weighted by Crippen LogP contribution is 2.21. The van der Waals surface area contributed by atoms with Crippen LogP contribution < -0.4 is 4.31 Å². The second-order valence-electron chi connectivity index (χ2n) is 4.49. The monoisotopic (exact) mass is 291 g/mol. The summed E-state index contributed by atoms with van der Waals surface area (Å²) >= 11 is 0. The zero-order chi connectivity index (χ0) is 14.6. The molecule has 0 aliphatic rings. The van der Waals surface area contributed by atoms with Crippen LogP contribution in [0.5, 0.6) is 0 Å². The Bertz CT molecular complexity index is 643. The van der Waals surface area contributed by atoms with E-state index in [0.717, 1.165) is 5.56 Å². The third kappa shape index (κ3) is 3.15. The molecule has 0 saturated heterocycles. The van der Waals surface area contributed by atoms with Gasteiger partial charge in [-0.2, -0.15) is 12.7 Å². The third-order valence-corrected chi connectivity index (χ3v) is 4.65. The van der Waals surface area contributed by atoms with Gasteiger partial charge < -0.3 is 0 Å². The number of hydrogen-bond acceptors (Lipinski definition) is 3. The average Bonchev–Trinajstić information content (AvgIpc) is 2.46. The molecule has 0 bridgehead atoms. The minimum atomic E-state index is -3.55. The Balaban J connectivity index is 2.41. The maximum absolute atomic E-state index is 12.5. The summed E-state index contributed by atoms with van der Waals surface area (Å²) in [6.45, 7) is 0.248. The molecule has 0 unspecified atom stereocenters. The largest absolute Gasteiger partial charge is 0.303 e. The van der Waals surface area contributed by atoms with Crippen molar-refractivity contribution >= 4 is 15.9 Å². The number of nitrogens with zero attached hydrogens (tertiary/aromatic N) is 3. The van der Waals surface area contributed by atoms with Crippen LogP contribution in [0.2, 0.25) is 0 Å². The van der Waals surface area contributed by atoms with E-state index in [2.05, 4.69) is 4.98 Å². The molecule has 0 atom stereocenters. The van der Waals surface area contributed by atoms with Gasteiger partial charge in [-0.25, -0.2) is 0 Å². The third-order valence-electron chi connectivity index (χ3n) is 2.83. The van der Waals surface area contributed by atoms with Crippen LogP contribution in [0.1, 0.15) is 5.56 Å². The summed E-state index contributed by atoms with van der Waals surface area (Å²) in [4.78, 5) is 4.02. The summed E-state index contributed by atoms with van der Waals surface area (Å²) in [5.41, 5.74) is 1.46. The molecule has 0 amide bonds. The second-order valence-corrected chi connectivity index (χ2v) is 6.56. The van der Waals surface area contributed by atoms with E-state index in [1.54, 1.807) is 30.6 Å². The Morgan fingerprint density at radius 1 is 1.05 bits per heavy atom. The zero-order valence-electron chi connectivity index (χ0n) is 11.5. The van der Waals surface area contributed by atoms with E-state index in [9.17, 15) is 8.42 Å². The van der Waals surface area contributed by atoms with E-state index in [1.165, 1.54) is 22.7 Å². The molecule has 0 N–H and O–H groups in total. The number of para-hydroxylation sites is 1. The molecule has 1 heterocycles. The quantitative estimate of drug-likeness (QED) is 0.845. The van der Waals surface area contributed by atoms with Crippen LogP contribution in [-0.2, 0) is 16.8 Å². The molecule has 0 saturated carbocycles. The summed E-state index contributed by atoms with van der Waals surface area (Å²) in [6.07, 6.45) is 3.33. The lowest BCUT2D eigenvalue weighted by Crippen LogP contribution is -2.39. The van der Waals surface area contributed by atoms with Crippen LogP contribution in [-0.4, -0.2) is 31.8 Å². The van der Waals surface area contributed by atoms with Crippen LogP contribution in [0.15, 0.2) is 54.9 Å². The molecule has 5 nitrogen and oxygen atoms in total. The Morgan fingerprint density at radius 3 is 2.30 bits per heavy atom. The van der Waals surface area contributed by atoms with Gasteiger partial charge in [0.05, 0.1) is 12.2 Å². The average molecular weight is 291 g/mol. The van der Waals surface area contributed by atoms with Gasteiger partial charge in [-0.1, -0.05) is 24.3 Å².